The first-order valence-electron chi connectivity index (χ1n) is 8.09. The lowest BCUT2D eigenvalue weighted by Crippen LogP contribution is -2.56. The molecule has 1 aromatic carbocycles. The number of likely N-dealkylation sites (N-methyl/N-ethyl adjacent to an activating group) is 1. The lowest BCUT2D eigenvalue weighted by atomic mass is 10.0. The van der Waals surface area contributed by atoms with E-state index in [1.54, 1.807) is 12.1 Å². The summed E-state index contributed by atoms with van der Waals surface area (Å²) in [7, 11) is 0. The molecule has 6 nitrogen and oxygen atoms in total. The Hall–Kier alpha value is -2.08. The van der Waals surface area contributed by atoms with Crippen molar-refractivity contribution in [2.45, 2.75) is 26.3 Å². The Morgan fingerprint density at radius 3 is 2.29 bits per heavy atom. The van der Waals surface area contributed by atoms with Crippen molar-refractivity contribution in [2.24, 2.45) is 0 Å². The molecule has 1 unspecified atom stereocenters. The number of carbonyl (C=O) groups is 3. The Morgan fingerprint density at radius 2 is 1.71 bits per heavy atom. The third kappa shape index (κ3) is 4.26. The van der Waals surface area contributed by atoms with Crippen LogP contribution in [0.3, 0.4) is 0 Å². The summed E-state index contributed by atoms with van der Waals surface area (Å²) in [6, 6.07) is 7.13. The van der Waals surface area contributed by atoms with E-state index in [2.05, 4.69) is 5.32 Å². The zero-order valence-corrected chi connectivity index (χ0v) is 14.7. The number of halogens is 1. The van der Waals surface area contributed by atoms with Crippen LogP contribution in [-0.2, 0) is 14.4 Å². The van der Waals surface area contributed by atoms with E-state index in [0.29, 0.717) is 31.1 Å². The Kier molecular flexibility index (Phi) is 6.20. The van der Waals surface area contributed by atoms with Crippen molar-refractivity contribution in [1.29, 1.82) is 0 Å². The fourth-order valence-corrected chi connectivity index (χ4v) is 2.82. The molecule has 130 valence electrons. The first-order chi connectivity index (χ1) is 11.5. The van der Waals surface area contributed by atoms with Crippen LogP contribution in [0.4, 0.5) is 0 Å². The standard InChI is InChI=1S/C17H22ClN3O3/c1-3-14(12-5-7-13(18)8-6-12)19-15(22)11-21-10-9-20(4-2)16(23)17(21)24/h5-8,14H,3-4,9-11H2,1-2H3,(H,19,22). The molecule has 7 heteroatoms. The minimum atomic E-state index is -0.613. The molecule has 0 radical (unpaired) electrons. The molecular weight excluding hydrogens is 330 g/mol. The minimum Gasteiger partial charge on any atom is -0.348 e. The van der Waals surface area contributed by atoms with E-state index in [4.69, 9.17) is 11.6 Å². The van der Waals surface area contributed by atoms with Gasteiger partial charge in [-0.05, 0) is 31.0 Å². The first kappa shape index (κ1) is 18.3. The average molecular weight is 352 g/mol. The molecule has 1 aromatic rings. The molecule has 2 rings (SSSR count). The van der Waals surface area contributed by atoms with Crippen LogP contribution in [0.1, 0.15) is 31.9 Å². The summed E-state index contributed by atoms with van der Waals surface area (Å²) in [6.07, 6.45) is 0.712. The lowest BCUT2D eigenvalue weighted by Gasteiger charge is -2.33. The number of hydrogen-bond donors (Lipinski definition) is 1. The van der Waals surface area contributed by atoms with Gasteiger partial charge in [0.05, 0.1) is 6.04 Å². The lowest BCUT2D eigenvalue weighted by molar-refractivity contribution is -0.156. The van der Waals surface area contributed by atoms with E-state index in [0.717, 1.165) is 5.56 Å². The van der Waals surface area contributed by atoms with Crippen LogP contribution in [-0.4, -0.2) is 53.7 Å². The highest BCUT2D eigenvalue weighted by atomic mass is 35.5. The van der Waals surface area contributed by atoms with E-state index in [9.17, 15) is 14.4 Å². The van der Waals surface area contributed by atoms with Gasteiger partial charge in [-0.1, -0.05) is 30.7 Å². The highest BCUT2D eigenvalue weighted by Gasteiger charge is 2.32. The summed E-state index contributed by atoms with van der Waals surface area (Å²) in [5, 5.41) is 3.55. The monoisotopic (exact) mass is 351 g/mol. The van der Waals surface area contributed by atoms with Crippen molar-refractivity contribution < 1.29 is 14.4 Å². The maximum atomic E-state index is 12.3. The molecule has 0 aliphatic carbocycles. The largest absolute Gasteiger partial charge is 0.348 e. The number of rotatable bonds is 6. The third-order valence-corrected chi connectivity index (χ3v) is 4.38. The van der Waals surface area contributed by atoms with Gasteiger partial charge in [0.25, 0.3) is 0 Å². The second-order valence-corrected chi connectivity index (χ2v) is 6.13. The van der Waals surface area contributed by atoms with Crippen LogP contribution in [0, 0.1) is 0 Å². The Morgan fingerprint density at radius 1 is 1.12 bits per heavy atom. The van der Waals surface area contributed by atoms with Crippen molar-refractivity contribution in [3.05, 3.63) is 34.9 Å². The van der Waals surface area contributed by atoms with Crippen molar-refractivity contribution in [1.82, 2.24) is 15.1 Å². The van der Waals surface area contributed by atoms with Crippen molar-refractivity contribution in [3.8, 4) is 0 Å². The van der Waals surface area contributed by atoms with Crippen LogP contribution in [0.25, 0.3) is 0 Å². The van der Waals surface area contributed by atoms with Crippen LogP contribution < -0.4 is 5.32 Å². The van der Waals surface area contributed by atoms with Gasteiger partial charge in [-0.25, -0.2) is 0 Å². The van der Waals surface area contributed by atoms with Gasteiger partial charge >= 0.3 is 11.8 Å². The number of amides is 3. The quantitative estimate of drug-likeness (QED) is 0.791. The number of nitrogens with one attached hydrogen (secondary N) is 1. The summed E-state index contributed by atoms with van der Waals surface area (Å²) in [5.41, 5.74) is 0.952. The highest BCUT2D eigenvalue weighted by molar-refractivity contribution is 6.35. The minimum absolute atomic E-state index is 0.105. The van der Waals surface area contributed by atoms with Gasteiger partial charge < -0.3 is 15.1 Å². The first-order valence-corrected chi connectivity index (χ1v) is 8.47. The number of hydrogen-bond acceptors (Lipinski definition) is 3. The third-order valence-electron chi connectivity index (χ3n) is 4.13. The predicted octanol–water partition coefficient (Wildman–Crippen LogP) is 1.60. The summed E-state index contributed by atoms with van der Waals surface area (Å²) in [5.74, 6) is -1.43. The molecule has 0 bridgehead atoms. The number of carbonyl (C=O) groups excluding carboxylic acids is 3. The second-order valence-electron chi connectivity index (χ2n) is 5.69. The molecule has 0 spiro atoms. The number of benzene rings is 1. The Bertz CT molecular complexity index is 618. The molecule has 1 fully saturated rings. The van der Waals surface area contributed by atoms with E-state index in [1.807, 2.05) is 26.0 Å². The van der Waals surface area contributed by atoms with Gasteiger partial charge in [0, 0.05) is 24.7 Å². The topological polar surface area (TPSA) is 69.7 Å². The molecule has 3 amide bonds. The zero-order valence-electron chi connectivity index (χ0n) is 13.9. The Balaban J connectivity index is 1.95. The molecular formula is C17H22ClN3O3. The van der Waals surface area contributed by atoms with Crippen LogP contribution in [0.2, 0.25) is 5.02 Å². The number of piperazine rings is 1. The van der Waals surface area contributed by atoms with Crippen LogP contribution in [0.5, 0.6) is 0 Å². The fourth-order valence-electron chi connectivity index (χ4n) is 2.70. The van der Waals surface area contributed by atoms with Gasteiger partial charge in [0.2, 0.25) is 5.91 Å². The van der Waals surface area contributed by atoms with E-state index in [-0.39, 0.29) is 18.5 Å². The van der Waals surface area contributed by atoms with E-state index in [1.165, 1.54) is 9.80 Å². The van der Waals surface area contributed by atoms with E-state index >= 15 is 0 Å². The van der Waals surface area contributed by atoms with E-state index < -0.39 is 11.8 Å². The van der Waals surface area contributed by atoms with Gasteiger partial charge in [-0.3, -0.25) is 14.4 Å². The molecule has 1 saturated heterocycles. The van der Waals surface area contributed by atoms with Gasteiger partial charge in [-0.2, -0.15) is 0 Å². The molecule has 1 aliphatic heterocycles. The van der Waals surface area contributed by atoms with Crippen LogP contribution in [0.15, 0.2) is 24.3 Å². The smallest absolute Gasteiger partial charge is 0.312 e. The second kappa shape index (κ2) is 8.15. The maximum absolute atomic E-state index is 12.3. The molecule has 0 aromatic heterocycles. The Labute approximate surface area is 146 Å². The summed E-state index contributed by atoms with van der Waals surface area (Å²) in [6.45, 7) is 5.03. The molecule has 24 heavy (non-hydrogen) atoms. The molecule has 1 aliphatic rings. The molecule has 1 N–H and O–H groups in total. The zero-order chi connectivity index (χ0) is 17.7. The average Bonchev–Trinajstić information content (AvgIpc) is 2.58. The maximum Gasteiger partial charge on any atom is 0.312 e. The number of nitrogens with zero attached hydrogens (tertiary/aromatic N) is 2. The van der Waals surface area contributed by atoms with Crippen molar-refractivity contribution >= 4 is 29.3 Å². The molecule has 1 atom stereocenters. The fraction of sp³-hybridized carbons (Fsp3) is 0.471. The summed E-state index contributed by atoms with van der Waals surface area (Å²) >= 11 is 5.88. The van der Waals surface area contributed by atoms with Gasteiger partial charge in [0.15, 0.2) is 0 Å². The summed E-state index contributed by atoms with van der Waals surface area (Å²) in [4.78, 5) is 39.0. The van der Waals surface area contributed by atoms with Crippen LogP contribution >= 0.6 is 11.6 Å². The normalized spacial score (nSPS) is 16.3. The van der Waals surface area contributed by atoms with Gasteiger partial charge in [-0.15, -0.1) is 0 Å². The summed E-state index contributed by atoms with van der Waals surface area (Å²) < 4.78 is 0. The molecule has 0 saturated carbocycles. The highest BCUT2D eigenvalue weighted by Crippen LogP contribution is 2.19. The predicted molar refractivity (Wildman–Crippen MR) is 91.5 cm³/mol. The van der Waals surface area contributed by atoms with Crippen molar-refractivity contribution in [3.63, 3.8) is 0 Å². The molecule has 1 heterocycles. The van der Waals surface area contributed by atoms with Gasteiger partial charge in [0.1, 0.15) is 6.54 Å². The van der Waals surface area contributed by atoms with Crippen molar-refractivity contribution in [2.75, 3.05) is 26.2 Å². The SMILES string of the molecule is CCC(NC(=O)CN1CCN(CC)C(=O)C1=O)c1ccc(Cl)cc1.